The zero-order valence-electron chi connectivity index (χ0n) is 14.8. The first-order chi connectivity index (χ1) is 11.8. The van der Waals surface area contributed by atoms with Gasteiger partial charge in [-0.3, -0.25) is 4.90 Å². The molecule has 4 nitrogen and oxygen atoms in total. The number of ether oxygens (including phenoxy) is 2. The van der Waals surface area contributed by atoms with Crippen LogP contribution in [0.1, 0.15) is 23.3 Å². The second-order valence-electron chi connectivity index (χ2n) is 7.71. The molecule has 24 heavy (non-hydrogen) atoms. The molecule has 0 amide bonds. The molecular formula is C19H30N2O2S. The summed E-state index contributed by atoms with van der Waals surface area (Å²) < 4.78 is 11.7. The molecule has 0 radical (unpaired) electrons. The molecule has 3 saturated heterocycles. The first-order valence-electron chi connectivity index (χ1n) is 9.45. The van der Waals surface area contributed by atoms with Gasteiger partial charge in [0.25, 0.3) is 0 Å². The molecule has 0 N–H and O–H groups in total. The van der Waals surface area contributed by atoms with E-state index in [0.717, 1.165) is 45.4 Å². The van der Waals surface area contributed by atoms with Crippen LogP contribution >= 0.6 is 11.3 Å². The molecule has 4 rings (SSSR count). The number of nitrogens with zero attached hydrogens (tertiary/aromatic N) is 2. The molecule has 3 aliphatic heterocycles. The molecule has 1 aromatic heterocycles. The van der Waals surface area contributed by atoms with E-state index in [1.54, 1.807) is 0 Å². The molecule has 3 fully saturated rings. The van der Waals surface area contributed by atoms with Crippen molar-refractivity contribution >= 4 is 11.3 Å². The van der Waals surface area contributed by atoms with Crippen LogP contribution in [0.4, 0.5) is 0 Å². The van der Waals surface area contributed by atoms with Crippen molar-refractivity contribution in [1.29, 1.82) is 0 Å². The van der Waals surface area contributed by atoms with Gasteiger partial charge in [-0.25, -0.2) is 0 Å². The Bertz CT molecular complexity index is 529. The summed E-state index contributed by atoms with van der Waals surface area (Å²) in [6.45, 7) is 12.0. The minimum Gasteiger partial charge on any atom is -0.381 e. The Kier molecular flexibility index (Phi) is 5.54. The van der Waals surface area contributed by atoms with Gasteiger partial charge in [0, 0.05) is 63.3 Å². The Morgan fingerprint density at radius 3 is 2.75 bits per heavy atom. The molecule has 1 aromatic rings. The monoisotopic (exact) mass is 350 g/mol. The number of rotatable bonds is 4. The highest BCUT2D eigenvalue weighted by Gasteiger charge is 2.37. The van der Waals surface area contributed by atoms with Gasteiger partial charge < -0.3 is 14.4 Å². The molecule has 5 heteroatoms. The predicted molar refractivity (Wildman–Crippen MR) is 97.5 cm³/mol. The summed E-state index contributed by atoms with van der Waals surface area (Å²) >= 11 is 1.89. The number of fused-ring (bicyclic) bond motifs is 1. The van der Waals surface area contributed by atoms with E-state index >= 15 is 0 Å². The molecule has 0 unspecified atom stereocenters. The summed E-state index contributed by atoms with van der Waals surface area (Å²) in [6.07, 6.45) is 2.90. The third-order valence-corrected chi connectivity index (χ3v) is 6.89. The van der Waals surface area contributed by atoms with Gasteiger partial charge in [-0.2, -0.15) is 0 Å². The van der Waals surface area contributed by atoms with Crippen molar-refractivity contribution in [3.05, 3.63) is 21.9 Å². The Labute approximate surface area is 149 Å². The molecule has 0 aliphatic carbocycles. The second-order valence-corrected chi connectivity index (χ2v) is 8.71. The van der Waals surface area contributed by atoms with Gasteiger partial charge in [0.15, 0.2) is 0 Å². The van der Waals surface area contributed by atoms with Crippen LogP contribution < -0.4 is 0 Å². The highest BCUT2D eigenvalue weighted by Crippen LogP contribution is 2.28. The Morgan fingerprint density at radius 1 is 1.12 bits per heavy atom. The maximum Gasteiger partial charge on any atom is 0.0755 e. The smallest absolute Gasteiger partial charge is 0.0755 e. The normalized spacial score (nSPS) is 30.4. The van der Waals surface area contributed by atoms with Crippen LogP contribution in [-0.2, 0) is 16.0 Å². The molecule has 134 valence electrons. The fourth-order valence-corrected chi connectivity index (χ4v) is 5.35. The van der Waals surface area contributed by atoms with Crippen molar-refractivity contribution in [2.24, 2.45) is 11.8 Å². The molecule has 0 bridgehead atoms. The summed E-state index contributed by atoms with van der Waals surface area (Å²) in [4.78, 5) is 6.79. The Morgan fingerprint density at radius 2 is 1.96 bits per heavy atom. The van der Waals surface area contributed by atoms with Crippen molar-refractivity contribution in [1.82, 2.24) is 9.80 Å². The van der Waals surface area contributed by atoms with Gasteiger partial charge in [-0.05, 0) is 42.7 Å². The molecule has 3 aliphatic rings. The summed E-state index contributed by atoms with van der Waals surface area (Å²) in [7, 11) is 0. The fourth-order valence-electron chi connectivity index (χ4n) is 4.41. The third-order valence-electron chi connectivity index (χ3n) is 5.88. The molecule has 0 spiro atoms. The lowest BCUT2D eigenvalue weighted by atomic mass is 9.98. The minimum atomic E-state index is 0.435. The van der Waals surface area contributed by atoms with Crippen LogP contribution in [0, 0.1) is 18.8 Å². The lowest BCUT2D eigenvalue weighted by molar-refractivity contribution is 0.0454. The van der Waals surface area contributed by atoms with Gasteiger partial charge in [-0.15, -0.1) is 11.3 Å². The van der Waals surface area contributed by atoms with Crippen LogP contribution in [0.15, 0.2) is 11.4 Å². The summed E-state index contributed by atoms with van der Waals surface area (Å²) in [5.74, 6) is 1.49. The first kappa shape index (κ1) is 17.0. The third kappa shape index (κ3) is 4.02. The van der Waals surface area contributed by atoms with Crippen molar-refractivity contribution in [3.8, 4) is 0 Å². The summed E-state index contributed by atoms with van der Waals surface area (Å²) in [5, 5.41) is 2.21. The maximum absolute atomic E-state index is 6.22. The average molecular weight is 351 g/mol. The zero-order valence-corrected chi connectivity index (χ0v) is 15.6. The molecular weight excluding hydrogens is 320 g/mol. The summed E-state index contributed by atoms with van der Waals surface area (Å²) in [5.41, 5.74) is 1.44. The fraction of sp³-hybridized carbons (Fsp3) is 0.789. The lowest BCUT2D eigenvalue weighted by Crippen LogP contribution is -2.37. The van der Waals surface area contributed by atoms with Crippen LogP contribution in [0.25, 0.3) is 0 Å². The number of thiophene rings is 1. The summed E-state index contributed by atoms with van der Waals surface area (Å²) in [6, 6.07) is 2.24. The van der Waals surface area contributed by atoms with E-state index in [2.05, 4.69) is 28.2 Å². The highest BCUT2D eigenvalue weighted by molar-refractivity contribution is 7.10. The predicted octanol–water partition coefficient (Wildman–Crippen LogP) is 2.62. The van der Waals surface area contributed by atoms with Crippen LogP contribution in [0.5, 0.6) is 0 Å². The van der Waals surface area contributed by atoms with E-state index in [-0.39, 0.29) is 0 Å². The van der Waals surface area contributed by atoms with Crippen molar-refractivity contribution in [3.63, 3.8) is 0 Å². The van der Waals surface area contributed by atoms with E-state index in [1.165, 1.54) is 42.9 Å². The standard InChI is InChI=1S/C19H30N2O2S/c1-15-4-9-24-19(15)14-21-12-17-11-20(5-8-23-18(17)13-21)10-16-2-6-22-7-3-16/h4,9,16-18H,2-3,5-8,10-14H2,1H3/t17-,18+/m0/s1. The van der Waals surface area contributed by atoms with E-state index in [1.807, 2.05) is 11.3 Å². The SMILES string of the molecule is Cc1ccsc1CN1C[C@@H]2CN(CC3CCOCC3)CCO[C@@H]2C1. The van der Waals surface area contributed by atoms with Gasteiger partial charge in [-0.1, -0.05) is 0 Å². The largest absolute Gasteiger partial charge is 0.381 e. The Balaban J connectivity index is 1.32. The zero-order chi connectivity index (χ0) is 16.4. The van der Waals surface area contributed by atoms with Crippen molar-refractivity contribution in [2.45, 2.75) is 32.4 Å². The van der Waals surface area contributed by atoms with Crippen LogP contribution in [-0.4, -0.2) is 68.4 Å². The van der Waals surface area contributed by atoms with Crippen molar-refractivity contribution < 1.29 is 9.47 Å². The highest BCUT2D eigenvalue weighted by atomic mass is 32.1. The topological polar surface area (TPSA) is 24.9 Å². The number of hydrogen-bond acceptors (Lipinski definition) is 5. The van der Waals surface area contributed by atoms with E-state index in [0.29, 0.717) is 12.0 Å². The number of hydrogen-bond donors (Lipinski definition) is 0. The number of aryl methyl sites for hydroxylation is 1. The first-order valence-corrected chi connectivity index (χ1v) is 10.3. The van der Waals surface area contributed by atoms with E-state index in [4.69, 9.17) is 9.47 Å². The van der Waals surface area contributed by atoms with Crippen molar-refractivity contribution in [2.75, 3.05) is 52.5 Å². The maximum atomic E-state index is 6.22. The van der Waals surface area contributed by atoms with Crippen LogP contribution in [0.2, 0.25) is 0 Å². The van der Waals surface area contributed by atoms with Gasteiger partial charge >= 0.3 is 0 Å². The van der Waals surface area contributed by atoms with E-state index in [9.17, 15) is 0 Å². The quantitative estimate of drug-likeness (QED) is 0.833. The van der Waals surface area contributed by atoms with Crippen LogP contribution in [0.3, 0.4) is 0 Å². The second kappa shape index (κ2) is 7.83. The molecule has 0 aromatic carbocycles. The molecule has 2 atom stereocenters. The number of likely N-dealkylation sites (tertiary alicyclic amines) is 1. The average Bonchev–Trinajstić information content (AvgIpc) is 3.10. The lowest BCUT2D eigenvalue weighted by Gasteiger charge is -2.30. The minimum absolute atomic E-state index is 0.435. The van der Waals surface area contributed by atoms with E-state index < -0.39 is 0 Å². The molecule has 4 heterocycles. The Hall–Kier alpha value is -0.460. The molecule has 0 saturated carbocycles. The van der Waals surface area contributed by atoms with Gasteiger partial charge in [0.1, 0.15) is 0 Å². The van der Waals surface area contributed by atoms with Gasteiger partial charge in [0.05, 0.1) is 12.7 Å². The van der Waals surface area contributed by atoms with Gasteiger partial charge in [0.2, 0.25) is 0 Å².